The Bertz CT molecular complexity index is 897. The van der Waals surface area contributed by atoms with Crippen LogP contribution >= 0.6 is 0 Å². The Morgan fingerprint density at radius 2 is 1.59 bits per heavy atom. The van der Waals surface area contributed by atoms with Crippen molar-refractivity contribution in [1.82, 2.24) is 4.90 Å². The highest BCUT2D eigenvalue weighted by Crippen LogP contribution is 2.30. The average Bonchev–Trinajstić information content (AvgIpc) is 2.95. The fourth-order valence-corrected chi connectivity index (χ4v) is 4.81. The molecular weight excluding hydrogens is 404 g/mol. The summed E-state index contributed by atoms with van der Waals surface area (Å²) in [6, 6.07) is 16.2. The van der Waals surface area contributed by atoms with E-state index in [2.05, 4.69) is 41.0 Å². The summed E-state index contributed by atoms with van der Waals surface area (Å²) in [5, 5.41) is 22.6. The summed E-state index contributed by atoms with van der Waals surface area (Å²) in [6.45, 7) is 8.35. The van der Waals surface area contributed by atoms with Crippen molar-refractivity contribution in [2.24, 2.45) is 0 Å². The molecule has 0 bridgehead atoms. The molecule has 2 aliphatic rings. The summed E-state index contributed by atoms with van der Waals surface area (Å²) in [6.07, 6.45) is 1.41. The van der Waals surface area contributed by atoms with Crippen molar-refractivity contribution in [3.8, 4) is 5.75 Å². The molecule has 32 heavy (non-hydrogen) atoms. The van der Waals surface area contributed by atoms with Gasteiger partial charge in [-0.3, -0.25) is 4.90 Å². The molecule has 2 aliphatic heterocycles. The third-order valence-electron chi connectivity index (χ3n) is 6.70. The zero-order valence-electron chi connectivity index (χ0n) is 19.3. The predicted octanol–water partition coefficient (Wildman–Crippen LogP) is 2.78. The number of hydrogen-bond donors (Lipinski definition) is 2. The lowest BCUT2D eigenvalue weighted by Gasteiger charge is -2.42. The number of β-amino-alcohol motifs (C(OH)–C–C–N with tert-alkyl or cyclic N) is 2. The Morgan fingerprint density at radius 3 is 2.31 bits per heavy atom. The topological polar surface area (TPSA) is 65.4 Å². The van der Waals surface area contributed by atoms with Gasteiger partial charge in [-0.15, -0.1) is 0 Å². The van der Waals surface area contributed by atoms with Crippen molar-refractivity contribution in [3.63, 3.8) is 0 Å². The van der Waals surface area contributed by atoms with Crippen LogP contribution in [0, 0.1) is 13.8 Å². The van der Waals surface area contributed by atoms with Crippen LogP contribution in [0.2, 0.25) is 0 Å². The Morgan fingerprint density at radius 1 is 0.906 bits per heavy atom. The van der Waals surface area contributed by atoms with Crippen molar-refractivity contribution in [3.05, 3.63) is 59.7 Å². The molecule has 0 amide bonds. The summed E-state index contributed by atoms with van der Waals surface area (Å²) in [7, 11) is 0. The van der Waals surface area contributed by atoms with Crippen LogP contribution in [0.1, 0.15) is 24.0 Å². The second-order valence-electron chi connectivity index (χ2n) is 9.54. The van der Waals surface area contributed by atoms with Crippen LogP contribution in [-0.4, -0.2) is 78.9 Å². The van der Waals surface area contributed by atoms with Crippen LogP contribution < -0.4 is 9.64 Å². The van der Waals surface area contributed by atoms with E-state index in [1.54, 1.807) is 0 Å². The largest absolute Gasteiger partial charge is 0.490 e. The lowest BCUT2D eigenvalue weighted by molar-refractivity contribution is -0.0743. The molecule has 1 atom stereocenters. The number of piperidine rings is 1. The number of aliphatic hydroxyl groups is 2. The van der Waals surface area contributed by atoms with Gasteiger partial charge in [0, 0.05) is 38.4 Å². The van der Waals surface area contributed by atoms with Gasteiger partial charge in [0.1, 0.15) is 18.0 Å². The van der Waals surface area contributed by atoms with Gasteiger partial charge in [0.2, 0.25) is 0 Å². The monoisotopic (exact) mass is 440 g/mol. The molecule has 6 heteroatoms. The van der Waals surface area contributed by atoms with Crippen molar-refractivity contribution < 1.29 is 19.7 Å². The molecule has 4 rings (SSSR count). The first-order valence-corrected chi connectivity index (χ1v) is 11.6. The first kappa shape index (κ1) is 23.1. The lowest BCUT2D eigenvalue weighted by atomic mass is 9.89. The highest BCUT2D eigenvalue weighted by atomic mass is 16.5. The van der Waals surface area contributed by atoms with E-state index in [9.17, 15) is 10.2 Å². The van der Waals surface area contributed by atoms with Gasteiger partial charge in [-0.05, 0) is 49.9 Å². The first-order chi connectivity index (χ1) is 15.4. The SMILES string of the molecule is Cc1ccccc1OCC1(O)COCCN(CC2(O)CCN(c3ccccc3C)CC2)C1. The number of rotatable bonds is 6. The fourth-order valence-electron chi connectivity index (χ4n) is 4.81. The van der Waals surface area contributed by atoms with Gasteiger partial charge >= 0.3 is 0 Å². The van der Waals surface area contributed by atoms with Crippen LogP contribution in [0.4, 0.5) is 5.69 Å². The standard InChI is InChI=1S/C26H36N2O4/c1-21-7-3-5-9-23(21)28-13-11-25(29,12-14-28)17-27-15-16-31-19-26(30,18-27)20-32-24-10-6-4-8-22(24)2/h3-10,29-30H,11-20H2,1-2H3. The molecule has 2 saturated heterocycles. The first-order valence-electron chi connectivity index (χ1n) is 11.6. The molecular formula is C26H36N2O4. The summed E-state index contributed by atoms with van der Waals surface area (Å²) in [5.74, 6) is 0.777. The predicted molar refractivity (Wildman–Crippen MR) is 126 cm³/mol. The van der Waals surface area contributed by atoms with Gasteiger partial charge in [-0.1, -0.05) is 36.4 Å². The molecule has 0 radical (unpaired) electrons. The van der Waals surface area contributed by atoms with Crippen LogP contribution in [0.3, 0.4) is 0 Å². The number of nitrogens with zero attached hydrogens (tertiary/aromatic N) is 2. The molecule has 2 aromatic carbocycles. The number of hydrogen-bond acceptors (Lipinski definition) is 6. The third-order valence-corrected chi connectivity index (χ3v) is 6.70. The van der Waals surface area contributed by atoms with Crippen molar-refractivity contribution in [2.45, 2.75) is 37.9 Å². The minimum absolute atomic E-state index is 0.161. The number of para-hydroxylation sites is 2. The lowest BCUT2D eigenvalue weighted by Crippen LogP contribution is -2.55. The maximum atomic E-state index is 11.3. The summed E-state index contributed by atoms with van der Waals surface area (Å²) < 4.78 is 11.7. The van der Waals surface area contributed by atoms with Gasteiger partial charge in [0.15, 0.2) is 0 Å². The Hall–Kier alpha value is -2.12. The second-order valence-corrected chi connectivity index (χ2v) is 9.54. The fraction of sp³-hybridized carbons (Fsp3) is 0.538. The van der Waals surface area contributed by atoms with E-state index in [0.29, 0.717) is 39.1 Å². The minimum Gasteiger partial charge on any atom is -0.490 e. The smallest absolute Gasteiger partial charge is 0.134 e. The molecule has 2 heterocycles. The van der Waals surface area contributed by atoms with Gasteiger partial charge in [-0.25, -0.2) is 0 Å². The van der Waals surface area contributed by atoms with Crippen LogP contribution in [0.5, 0.6) is 5.75 Å². The molecule has 2 fully saturated rings. The maximum Gasteiger partial charge on any atom is 0.134 e. The van der Waals surface area contributed by atoms with Crippen molar-refractivity contribution >= 4 is 5.69 Å². The molecule has 0 aliphatic carbocycles. The molecule has 0 spiro atoms. The number of ether oxygens (including phenoxy) is 2. The summed E-state index contributed by atoms with van der Waals surface area (Å²) in [4.78, 5) is 4.50. The highest BCUT2D eigenvalue weighted by molar-refractivity contribution is 5.53. The molecule has 6 nitrogen and oxygen atoms in total. The van der Waals surface area contributed by atoms with E-state index in [1.807, 2.05) is 31.2 Å². The molecule has 0 aromatic heterocycles. The average molecular weight is 441 g/mol. The minimum atomic E-state index is -1.11. The van der Waals surface area contributed by atoms with E-state index < -0.39 is 11.2 Å². The summed E-state index contributed by atoms with van der Waals surface area (Å²) in [5.41, 5.74) is 1.68. The van der Waals surface area contributed by atoms with Crippen molar-refractivity contribution in [2.75, 3.05) is 57.4 Å². The van der Waals surface area contributed by atoms with E-state index >= 15 is 0 Å². The van der Waals surface area contributed by atoms with Gasteiger partial charge in [0.05, 0.1) is 18.8 Å². The summed E-state index contributed by atoms with van der Waals surface area (Å²) >= 11 is 0. The number of anilines is 1. The van der Waals surface area contributed by atoms with Crippen LogP contribution in [0.25, 0.3) is 0 Å². The van der Waals surface area contributed by atoms with E-state index in [1.165, 1.54) is 11.3 Å². The van der Waals surface area contributed by atoms with E-state index in [0.717, 1.165) is 24.4 Å². The number of aryl methyl sites for hydroxylation is 2. The second kappa shape index (κ2) is 9.79. The van der Waals surface area contributed by atoms with E-state index in [-0.39, 0.29) is 13.2 Å². The quantitative estimate of drug-likeness (QED) is 0.720. The van der Waals surface area contributed by atoms with Crippen LogP contribution in [0.15, 0.2) is 48.5 Å². The zero-order valence-corrected chi connectivity index (χ0v) is 19.3. The molecule has 0 saturated carbocycles. The molecule has 174 valence electrons. The Labute approximate surface area is 191 Å². The van der Waals surface area contributed by atoms with Gasteiger partial charge in [0.25, 0.3) is 0 Å². The number of benzene rings is 2. The molecule has 2 aromatic rings. The zero-order chi connectivity index (χ0) is 22.6. The molecule has 2 N–H and O–H groups in total. The van der Waals surface area contributed by atoms with Crippen LogP contribution in [-0.2, 0) is 4.74 Å². The van der Waals surface area contributed by atoms with Gasteiger partial charge in [-0.2, -0.15) is 0 Å². The van der Waals surface area contributed by atoms with E-state index in [4.69, 9.17) is 9.47 Å². The Kier molecular flexibility index (Phi) is 7.05. The van der Waals surface area contributed by atoms with Crippen molar-refractivity contribution in [1.29, 1.82) is 0 Å². The highest BCUT2D eigenvalue weighted by Gasteiger charge is 2.39. The normalized spacial score (nSPS) is 24.2. The maximum absolute atomic E-state index is 11.3. The third kappa shape index (κ3) is 5.62. The van der Waals surface area contributed by atoms with Gasteiger partial charge < -0.3 is 24.6 Å². The Balaban J connectivity index is 1.35. The molecule has 1 unspecified atom stereocenters.